The number of thioether (sulfide) groups is 1. The van der Waals surface area contributed by atoms with E-state index in [4.69, 9.17) is 0 Å². The van der Waals surface area contributed by atoms with Crippen molar-refractivity contribution in [3.8, 4) is 0 Å². The van der Waals surface area contributed by atoms with E-state index in [2.05, 4.69) is 5.32 Å². The van der Waals surface area contributed by atoms with Crippen molar-refractivity contribution in [2.24, 2.45) is 5.92 Å². The average molecular weight is 185 g/mol. The molecule has 3 atom stereocenters. The van der Waals surface area contributed by atoms with Gasteiger partial charge in [-0.2, -0.15) is 11.8 Å². The quantitative estimate of drug-likeness (QED) is 0.662. The molecule has 1 N–H and O–H groups in total. The number of hydrogen-bond acceptors (Lipinski definition) is 3. The fraction of sp³-hybridized carbons (Fsp3) is 0.889. The Morgan fingerprint density at radius 1 is 1.42 bits per heavy atom. The van der Waals surface area contributed by atoms with Crippen LogP contribution in [0.3, 0.4) is 0 Å². The predicted octanol–water partition coefficient (Wildman–Crippen LogP) is 1.06. The van der Waals surface area contributed by atoms with E-state index in [0.29, 0.717) is 11.8 Å². The first-order valence-electron chi connectivity index (χ1n) is 4.61. The molecule has 0 radical (unpaired) electrons. The van der Waals surface area contributed by atoms with Gasteiger partial charge in [-0.3, -0.25) is 4.79 Å². The highest BCUT2D eigenvalue weighted by Gasteiger charge is 2.34. The lowest BCUT2D eigenvalue weighted by Gasteiger charge is -2.31. The Kier molecular flexibility index (Phi) is 2.42. The summed E-state index contributed by atoms with van der Waals surface area (Å²) in [7, 11) is 0. The van der Waals surface area contributed by atoms with Crippen molar-refractivity contribution in [3.05, 3.63) is 0 Å². The van der Waals surface area contributed by atoms with Crippen LogP contribution < -0.4 is 5.32 Å². The lowest BCUT2D eigenvalue weighted by Crippen LogP contribution is -2.49. The van der Waals surface area contributed by atoms with Gasteiger partial charge in [0.25, 0.3) is 0 Å². The Balaban J connectivity index is 1.96. The first kappa shape index (κ1) is 8.57. The summed E-state index contributed by atoms with van der Waals surface area (Å²) in [6.07, 6.45) is 2.30. The zero-order valence-electron chi connectivity index (χ0n) is 7.38. The standard InChI is InChI=1S/C9H15NOS/c1-6(11)8-3-2-7-4-12-5-9(7)10-8/h7-10H,2-5H2,1H3. The highest BCUT2D eigenvalue weighted by Crippen LogP contribution is 2.31. The van der Waals surface area contributed by atoms with Gasteiger partial charge in [0.2, 0.25) is 0 Å². The second kappa shape index (κ2) is 3.38. The van der Waals surface area contributed by atoms with E-state index in [-0.39, 0.29) is 6.04 Å². The maximum Gasteiger partial charge on any atom is 0.146 e. The van der Waals surface area contributed by atoms with Crippen LogP contribution >= 0.6 is 11.8 Å². The SMILES string of the molecule is CC(=O)C1CCC2CSCC2N1. The van der Waals surface area contributed by atoms with Gasteiger partial charge in [0.1, 0.15) is 5.78 Å². The molecule has 0 aliphatic carbocycles. The summed E-state index contributed by atoms with van der Waals surface area (Å²) in [6, 6.07) is 0.780. The topological polar surface area (TPSA) is 29.1 Å². The molecule has 2 rings (SSSR count). The molecule has 3 unspecified atom stereocenters. The highest BCUT2D eigenvalue weighted by molar-refractivity contribution is 7.99. The predicted molar refractivity (Wildman–Crippen MR) is 51.4 cm³/mol. The molecule has 0 spiro atoms. The highest BCUT2D eigenvalue weighted by atomic mass is 32.2. The van der Waals surface area contributed by atoms with Crippen molar-refractivity contribution in [2.45, 2.75) is 31.8 Å². The monoisotopic (exact) mass is 185 g/mol. The van der Waals surface area contributed by atoms with E-state index in [1.807, 2.05) is 11.8 Å². The lowest BCUT2D eigenvalue weighted by molar-refractivity contribution is -0.119. The molecule has 2 nitrogen and oxygen atoms in total. The van der Waals surface area contributed by atoms with Gasteiger partial charge < -0.3 is 5.32 Å². The minimum Gasteiger partial charge on any atom is -0.304 e. The second-order valence-electron chi connectivity index (χ2n) is 3.81. The van der Waals surface area contributed by atoms with Crippen LogP contribution in [0.2, 0.25) is 0 Å². The summed E-state index contributed by atoms with van der Waals surface area (Å²) in [5.74, 6) is 3.65. The number of fused-ring (bicyclic) bond motifs is 1. The van der Waals surface area contributed by atoms with Gasteiger partial charge in [-0.05, 0) is 31.4 Å². The molecule has 0 amide bonds. The van der Waals surface area contributed by atoms with Crippen LogP contribution in [0.4, 0.5) is 0 Å². The molecule has 0 aromatic rings. The van der Waals surface area contributed by atoms with Gasteiger partial charge in [0.05, 0.1) is 6.04 Å². The Morgan fingerprint density at radius 3 is 3.00 bits per heavy atom. The molecule has 12 heavy (non-hydrogen) atoms. The molecule has 2 saturated heterocycles. The van der Waals surface area contributed by atoms with Crippen molar-refractivity contribution in [2.75, 3.05) is 11.5 Å². The number of ketones is 1. The van der Waals surface area contributed by atoms with E-state index >= 15 is 0 Å². The van der Waals surface area contributed by atoms with E-state index in [1.54, 1.807) is 6.92 Å². The number of carbonyl (C=O) groups is 1. The van der Waals surface area contributed by atoms with Crippen LogP contribution in [0.25, 0.3) is 0 Å². The largest absolute Gasteiger partial charge is 0.304 e. The fourth-order valence-corrected chi connectivity index (χ4v) is 3.57. The zero-order chi connectivity index (χ0) is 8.55. The van der Waals surface area contributed by atoms with Gasteiger partial charge in [-0.15, -0.1) is 0 Å². The number of carbonyl (C=O) groups excluding carboxylic acids is 1. The second-order valence-corrected chi connectivity index (χ2v) is 4.89. The lowest BCUT2D eigenvalue weighted by atomic mass is 9.89. The number of Topliss-reactive ketones (excluding diaryl/α,β-unsaturated/α-hetero) is 1. The third kappa shape index (κ3) is 1.52. The van der Waals surface area contributed by atoms with Crippen molar-refractivity contribution in [1.29, 1.82) is 0 Å². The van der Waals surface area contributed by atoms with Gasteiger partial charge in [-0.1, -0.05) is 0 Å². The van der Waals surface area contributed by atoms with Crippen LogP contribution in [0.5, 0.6) is 0 Å². The molecule has 0 aromatic carbocycles. The normalized spacial score (nSPS) is 40.9. The summed E-state index contributed by atoms with van der Waals surface area (Å²) in [6.45, 7) is 1.69. The van der Waals surface area contributed by atoms with Crippen molar-refractivity contribution >= 4 is 17.5 Å². The van der Waals surface area contributed by atoms with Crippen LogP contribution in [0.1, 0.15) is 19.8 Å². The molecule has 0 saturated carbocycles. The van der Waals surface area contributed by atoms with E-state index in [9.17, 15) is 4.79 Å². The Morgan fingerprint density at radius 2 is 2.25 bits per heavy atom. The summed E-state index contributed by atoms with van der Waals surface area (Å²) < 4.78 is 0. The van der Waals surface area contributed by atoms with Gasteiger partial charge in [0, 0.05) is 11.8 Å². The molecule has 0 bridgehead atoms. The minimum atomic E-state index is 0.157. The summed E-state index contributed by atoms with van der Waals surface area (Å²) in [4.78, 5) is 11.1. The van der Waals surface area contributed by atoms with E-state index in [1.165, 1.54) is 17.9 Å². The Labute approximate surface area is 77.5 Å². The van der Waals surface area contributed by atoms with Crippen LogP contribution in [0, 0.1) is 5.92 Å². The fourth-order valence-electron chi connectivity index (χ4n) is 2.11. The Bertz CT molecular complexity index is 195. The summed E-state index contributed by atoms with van der Waals surface area (Å²) in [5.41, 5.74) is 0. The van der Waals surface area contributed by atoms with Crippen LogP contribution in [-0.4, -0.2) is 29.4 Å². The van der Waals surface area contributed by atoms with Crippen molar-refractivity contribution in [3.63, 3.8) is 0 Å². The third-order valence-corrected chi connectivity index (χ3v) is 4.19. The number of piperidine rings is 1. The van der Waals surface area contributed by atoms with Gasteiger partial charge in [0.15, 0.2) is 0 Å². The summed E-state index contributed by atoms with van der Waals surface area (Å²) >= 11 is 2.02. The molecular weight excluding hydrogens is 170 g/mol. The molecule has 68 valence electrons. The third-order valence-electron chi connectivity index (χ3n) is 2.93. The first-order chi connectivity index (χ1) is 5.77. The first-order valence-corrected chi connectivity index (χ1v) is 5.77. The number of rotatable bonds is 1. The number of nitrogens with one attached hydrogen (secondary N) is 1. The number of hydrogen-bond donors (Lipinski definition) is 1. The molecular formula is C9H15NOS. The van der Waals surface area contributed by atoms with E-state index < -0.39 is 0 Å². The average Bonchev–Trinajstić information content (AvgIpc) is 2.49. The minimum absolute atomic E-state index is 0.157. The van der Waals surface area contributed by atoms with E-state index in [0.717, 1.165) is 12.3 Å². The molecule has 0 aromatic heterocycles. The molecule has 2 heterocycles. The molecule has 3 heteroatoms. The van der Waals surface area contributed by atoms with Crippen LogP contribution in [0.15, 0.2) is 0 Å². The van der Waals surface area contributed by atoms with Crippen molar-refractivity contribution < 1.29 is 4.79 Å². The van der Waals surface area contributed by atoms with Gasteiger partial charge in [-0.25, -0.2) is 0 Å². The molecule has 2 fully saturated rings. The molecule has 2 aliphatic heterocycles. The van der Waals surface area contributed by atoms with Gasteiger partial charge >= 0.3 is 0 Å². The van der Waals surface area contributed by atoms with Crippen molar-refractivity contribution in [1.82, 2.24) is 5.32 Å². The maximum absolute atomic E-state index is 11.1. The Hall–Kier alpha value is -0.0200. The smallest absolute Gasteiger partial charge is 0.146 e. The molecule has 2 aliphatic rings. The zero-order valence-corrected chi connectivity index (χ0v) is 8.19. The van der Waals surface area contributed by atoms with Crippen LogP contribution in [-0.2, 0) is 4.79 Å². The maximum atomic E-state index is 11.1. The summed E-state index contributed by atoms with van der Waals surface area (Å²) in [5, 5.41) is 3.44.